The van der Waals surface area contributed by atoms with Crippen molar-refractivity contribution >= 4 is 44.8 Å². The first-order valence-corrected chi connectivity index (χ1v) is 10.3. The number of carbonyl (C=O) groups excluding carboxylic acids is 1. The maximum Gasteiger partial charge on any atom is 0.264 e. The van der Waals surface area contributed by atoms with Crippen molar-refractivity contribution in [3.63, 3.8) is 0 Å². The molecular weight excluding hydrogens is 395 g/mol. The fourth-order valence-corrected chi connectivity index (χ4v) is 4.21. The van der Waals surface area contributed by atoms with Gasteiger partial charge in [0, 0.05) is 16.6 Å². The normalized spacial score (nSPS) is 11.2. The number of halogens is 2. The first-order valence-electron chi connectivity index (χ1n) is 8.06. The zero-order chi connectivity index (χ0) is 19.3. The lowest BCUT2D eigenvalue weighted by Gasteiger charge is -2.24. The molecule has 0 aromatic heterocycles. The Kier molecular flexibility index (Phi) is 6.92. The summed E-state index contributed by atoms with van der Waals surface area (Å²) in [5.41, 5.74) is 1.16. The van der Waals surface area contributed by atoms with Gasteiger partial charge >= 0.3 is 0 Å². The van der Waals surface area contributed by atoms with Crippen molar-refractivity contribution in [3.05, 3.63) is 58.1 Å². The summed E-state index contributed by atoms with van der Waals surface area (Å²) >= 11 is 12.0. The molecule has 0 saturated heterocycles. The molecule has 0 aliphatic carbocycles. The molecule has 0 radical (unpaired) electrons. The second kappa shape index (κ2) is 8.75. The molecule has 2 aromatic rings. The summed E-state index contributed by atoms with van der Waals surface area (Å²) in [6, 6.07) is 10.8. The molecule has 0 saturated carbocycles. The molecule has 0 aliphatic heterocycles. The molecular formula is C18H20Cl2N2O3S. The number of rotatable bonds is 7. The number of hydrogen-bond acceptors (Lipinski definition) is 3. The Labute approximate surface area is 164 Å². The van der Waals surface area contributed by atoms with Gasteiger partial charge < -0.3 is 5.32 Å². The Balaban J connectivity index is 2.48. The van der Waals surface area contributed by atoms with Gasteiger partial charge in [-0.3, -0.25) is 9.10 Å². The van der Waals surface area contributed by atoms with Gasteiger partial charge in [-0.15, -0.1) is 0 Å². The van der Waals surface area contributed by atoms with Crippen LogP contribution in [-0.2, 0) is 14.8 Å². The molecule has 0 spiro atoms. The average Bonchev–Trinajstić information content (AvgIpc) is 2.57. The Morgan fingerprint density at radius 1 is 1.08 bits per heavy atom. The highest BCUT2D eigenvalue weighted by atomic mass is 35.5. The van der Waals surface area contributed by atoms with Gasteiger partial charge in [0.15, 0.2) is 0 Å². The van der Waals surface area contributed by atoms with Gasteiger partial charge in [-0.1, -0.05) is 47.8 Å². The van der Waals surface area contributed by atoms with E-state index in [1.54, 1.807) is 12.1 Å². The number of nitrogens with zero attached hydrogens (tertiary/aromatic N) is 1. The largest absolute Gasteiger partial charge is 0.355 e. The van der Waals surface area contributed by atoms with Gasteiger partial charge in [-0.2, -0.15) is 0 Å². The van der Waals surface area contributed by atoms with Crippen LogP contribution in [0.25, 0.3) is 0 Å². The summed E-state index contributed by atoms with van der Waals surface area (Å²) in [7, 11) is -3.97. The first-order chi connectivity index (χ1) is 12.2. The fraction of sp³-hybridized carbons (Fsp3) is 0.278. The van der Waals surface area contributed by atoms with Crippen LogP contribution >= 0.6 is 23.2 Å². The molecule has 8 heteroatoms. The van der Waals surface area contributed by atoms with Crippen molar-refractivity contribution in [2.24, 2.45) is 0 Å². The van der Waals surface area contributed by atoms with Crippen LogP contribution in [0.5, 0.6) is 0 Å². The fourth-order valence-electron chi connectivity index (χ4n) is 2.29. The van der Waals surface area contributed by atoms with Gasteiger partial charge in [-0.25, -0.2) is 8.42 Å². The summed E-state index contributed by atoms with van der Waals surface area (Å²) in [4.78, 5) is 12.3. The summed E-state index contributed by atoms with van der Waals surface area (Å²) < 4.78 is 27.3. The van der Waals surface area contributed by atoms with Crippen LogP contribution in [-0.4, -0.2) is 27.4 Å². The van der Waals surface area contributed by atoms with Crippen LogP contribution in [0.3, 0.4) is 0 Å². The second-order valence-corrected chi connectivity index (χ2v) is 8.54. The molecule has 0 bridgehead atoms. The molecule has 26 heavy (non-hydrogen) atoms. The monoisotopic (exact) mass is 414 g/mol. The van der Waals surface area contributed by atoms with E-state index in [2.05, 4.69) is 5.32 Å². The summed E-state index contributed by atoms with van der Waals surface area (Å²) in [6.07, 6.45) is 0.749. The van der Waals surface area contributed by atoms with Crippen molar-refractivity contribution in [1.82, 2.24) is 5.32 Å². The highest BCUT2D eigenvalue weighted by Crippen LogP contribution is 2.29. The topological polar surface area (TPSA) is 66.5 Å². The molecule has 0 fully saturated rings. The zero-order valence-electron chi connectivity index (χ0n) is 14.5. The van der Waals surface area contributed by atoms with E-state index >= 15 is 0 Å². The lowest BCUT2D eigenvalue weighted by atomic mass is 10.2. The van der Waals surface area contributed by atoms with Crippen LogP contribution < -0.4 is 9.62 Å². The van der Waals surface area contributed by atoms with E-state index in [0.29, 0.717) is 6.54 Å². The SMILES string of the molecule is CCCNC(=O)CN(c1cc(Cl)cc(Cl)c1)S(=O)(=O)c1ccc(C)cc1. The van der Waals surface area contributed by atoms with Crippen LogP contribution in [0.4, 0.5) is 5.69 Å². The summed E-state index contributed by atoms with van der Waals surface area (Å²) in [5.74, 6) is -0.404. The number of amides is 1. The second-order valence-electron chi connectivity index (χ2n) is 5.80. The molecule has 140 valence electrons. The van der Waals surface area contributed by atoms with Crippen molar-refractivity contribution in [1.29, 1.82) is 0 Å². The van der Waals surface area contributed by atoms with E-state index in [0.717, 1.165) is 16.3 Å². The molecule has 2 aromatic carbocycles. The molecule has 1 amide bonds. The van der Waals surface area contributed by atoms with Gasteiger partial charge in [0.1, 0.15) is 6.54 Å². The molecule has 0 atom stereocenters. The molecule has 0 aliphatic rings. The third-order valence-electron chi connectivity index (χ3n) is 3.60. The summed E-state index contributed by atoms with van der Waals surface area (Å²) in [6.45, 7) is 3.88. The Bertz CT molecular complexity index is 864. The Hall–Kier alpha value is -1.76. The minimum atomic E-state index is -3.97. The number of sulfonamides is 1. The van der Waals surface area contributed by atoms with Gasteiger partial charge in [-0.05, 0) is 43.7 Å². The Morgan fingerprint density at radius 3 is 2.19 bits per heavy atom. The smallest absolute Gasteiger partial charge is 0.264 e. The van der Waals surface area contributed by atoms with E-state index in [9.17, 15) is 13.2 Å². The number of hydrogen-bond donors (Lipinski definition) is 1. The van der Waals surface area contributed by atoms with Crippen LogP contribution in [0.1, 0.15) is 18.9 Å². The van der Waals surface area contributed by atoms with E-state index in [1.165, 1.54) is 30.3 Å². The van der Waals surface area contributed by atoms with Gasteiger partial charge in [0.25, 0.3) is 10.0 Å². The maximum atomic E-state index is 13.1. The van der Waals surface area contributed by atoms with Crippen LogP contribution in [0.2, 0.25) is 10.0 Å². The van der Waals surface area contributed by atoms with E-state index in [-0.39, 0.29) is 27.2 Å². The Morgan fingerprint density at radius 2 is 1.65 bits per heavy atom. The molecule has 1 N–H and O–H groups in total. The molecule has 2 rings (SSSR count). The predicted molar refractivity (Wildman–Crippen MR) is 105 cm³/mol. The van der Waals surface area contributed by atoms with Gasteiger partial charge in [0.2, 0.25) is 5.91 Å². The lowest BCUT2D eigenvalue weighted by Crippen LogP contribution is -2.41. The summed E-state index contributed by atoms with van der Waals surface area (Å²) in [5, 5.41) is 3.25. The maximum absolute atomic E-state index is 13.1. The molecule has 0 unspecified atom stereocenters. The first kappa shape index (κ1) is 20.6. The van der Waals surface area contributed by atoms with E-state index in [4.69, 9.17) is 23.2 Å². The minimum absolute atomic E-state index is 0.0856. The number of benzene rings is 2. The van der Waals surface area contributed by atoms with Crippen molar-refractivity contribution in [2.45, 2.75) is 25.2 Å². The standard InChI is InChI=1S/C18H20Cl2N2O3S/c1-3-8-21-18(23)12-22(16-10-14(19)9-15(20)11-16)26(24,25)17-6-4-13(2)5-7-17/h4-7,9-11H,3,8,12H2,1-2H3,(H,21,23). The average molecular weight is 415 g/mol. The third-order valence-corrected chi connectivity index (χ3v) is 5.83. The number of anilines is 1. The number of aryl methyl sites for hydroxylation is 1. The van der Waals surface area contributed by atoms with Crippen molar-refractivity contribution < 1.29 is 13.2 Å². The molecule has 5 nitrogen and oxygen atoms in total. The lowest BCUT2D eigenvalue weighted by molar-refractivity contribution is -0.119. The van der Waals surface area contributed by atoms with E-state index < -0.39 is 15.9 Å². The minimum Gasteiger partial charge on any atom is -0.355 e. The van der Waals surface area contributed by atoms with Crippen LogP contribution in [0.15, 0.2) is 47.4 Å². The number of carbonyl (C=O) groups is 1. The quantitative estimate of drug-likeness (QED) is 0.743. The van der Waals surface area contributed by atoms with Gasteiger partial charge in [0.05, 0.1) is 10.6 Å². The zero-order valence-corrected chi connectivity index (χ0v) is 16.8. The van der Waals surface area contributed by atoms with Crippen molar-refractivity contribution in [3.8, 4) is 0 Å². The predicted octanol–water partition coefficient (Wildman–Crippen LogP) is 4.02. The van der Waals surface area contributed by atoms with Crippen LogP contribution in [0, 0.1) is 6.92 Å². The highest BCUT2D eigenvalue weighted by molar-refractivity contribution is 7.92. The van der Waals surface area contributed by atoms with Crippen molar-refractivity contribution in [2.75, 3.05) is 17.4 Å². The highest BCUT2D eigenvalue weighted by Gasteiger charge is 2.27. The number of nitrogens with one attached hydrogen (secondary N) is 1. The van der Waals surface area contributed by atoms with E-state index in [1.807, 2.05) is 13.8 Å². The third kappa shape index (κ3) is 5.13. The molecule has 0 heterocycles.